The Morgan fingerprint density at radius 3 is 2.38 bits per heavy atom. The Bertz CT molecular complexity index is 1030. The molecule has 1 aromatic heterocycles. The lowest BCUT2D eigenvalue weighted by Gasteiger charge is -2.15. The zero-order valence-corrected chi connectivity index (χ0v) is 19.8. The molecule has 0 saturated carbocycles. The van der Waals surface area contributed by atoms with E-state index in [0.29, 0.717) is 0 Å². The number of nitrogens with zero attached hydrogens (tertiary/aromatic N) is 3. The van der Waals surface area contributed by atoms with Gasteiger partial charge in [-0.05, 0) is 31.9 Å². The number of anilines is 2. The highest BCUT2D eigenvalue weighted by molar-refractivity contribution is 5.77. The number of hydrogen-bond donors (Lipinski definition) is 2. The Morgan fingerprint density at radius 1 is 1.12 bits per heavy atom. The van der Waals surface area contributed by atoms with E-state index in [1.54, 1.807) is 12.1 Å². The summed E-state index contributed by atoms with van der Waals surface area (Å²) in [5.74, 6) is 1.62. The van der Waals surface area contributed by atoms with Gasteiger partial charge in [0.05, 0.1) is 4.92 Å². The molecule has 2 N–H and O–H groups in total. The van der Waals surface area contributed by atoms with Crippen LogP contribution in [0.15, 0.2) is 61.3 Å². The van der Waals surface area contributed by atoms with Crippen LogP contribution in [0.1, 0.15) is 43.3 Å². The number of aryl methyl sites for hydroxylation is 3. The second-order valence-corrected chi connectivity index (χ2v) is 6.64. The summed E-state index contributed by atoms with van der Waals surface area (Å²) < 4.78 is 0. The molecule has 0 unspecified atom stereocenters. The normalized spacial score (nSPS) is 9.44. The van der Waals surface area contributed by atoms with Gasteiger partial charge in [0.1, 0.15) is 11.6 Å². The fourth-order valence-electron chi connectivity index (χ4n) is 2.72. The van der Waals surface area contributed by atoms with Crippen molar-refractivity contribution in [3.05, 3.63) is 93.9 Å². The lowest BCUT2D eigenvalue weighted by Crippen LogP contribution is -2.07. The first-order valence-corrected chi connectivity index (χ1v) is 10.6. The molecule has 3 aromatic rings. The molecule has 7 heteroatoms. The van der Waals surface area contributed by atoms with Gasteiger partial charge in [-0.25, -0.2) is 9.97 Å². The number of hydrogen-bond acceptors (Lipinski definition) is 6. The van der Waals surface area contributed by atoms with Crippen LogP contribution in [-0.4, -0.2) is 21.9 Å². The van der Waals surface area contributed by atoms with Crippen molar-refractivity contribution in [1.82, 2.24) is 15.3 Å². The average molecular weight is 436 g/mol. The number of aromatic nitrogens is 2. The van der Waals surface area contributed by atoms with Crippen LogP contribution in [0.4, 0.5) is 17.2 Å². The predicted octanol–water partition coefficient (Wildman–Crippen LogP) is 6.21. The monoisotopic (exact) mass is 435 g/mol. The lowest BCUT2D eigenvalue weighted by atomic mass is 10.1. The Hall–Kier alpha value is -3.74. The maximum absolute atomic E-state index is 10.2. The Labute approximate surface area is 190 Å². The number of para-hydroxylation sites is 1. The van der Waals surface area contributed by atoms with Gasteiger partial charge >= 0.3 is 0 Å². The number of benzene rings is 2. The molecule has 0 saturated heterocycles. The number of rotatable bonds is 6. The van der Waals surface area contributed by atoms with E-state index < -0.39 is 4.92 Å². The minimum Gasteiger partial charge on any atom is -0.388 e. The van der Waals surface area contributed by atoms with Gasteiger partial charge in [0.15, 0.2) is 0 Å². The van der Waals surface area contributed by atoms with Crippen LogP contribution >= 0.6 is 0 Å². The van der Waals surface area contributed by atoms with E-state index in [2.05, 4.69) is 34.1 Å². The standard InChI is InChI=1S/C16H20N4.C7H7NO2.C2H6/c1-5-13-10-18-12(3)19-16(13)20-15-9-7-6-8-14(15)11(2)17-4;1-6-3-2-4-7(5-6)8(9)10;1-2/h6-10,17H,2,5H2,1,3-4H3,(H,18,19,20);2-5H,1H3;1-2H3. The van der Waals surface area contributed by atoms with Crippen LogP contribution < -0.4 is 10.6 Å². The van der Waals surface area contributed by atoms with Crippen LogP contribution in [0.25, 0.3) is 5.70 Å². The minimum absolute atomic E-state index is 0.153. The first-order chi connectivity index (χ1) is 15.3. The molecule has 0 aliphatic heterocycles. The third-order valence-corrected chi connectivity index (χ3v) is 4.39. The summed E-state index contributed by atoms with van der Waals surface area (Å²) in [4.78, 5) is 18.5. The molecular formula is C25H33N5O2. The predicted molar refractivity (Wildman–Crippen MR) is 133 cm³/mol. The number of nitro benzene ring substituents is 1. The maximum atomic E-state index is 10.2. The summed E-state index contributed by atoms with van der Waals surface area (Å²) in [5.41, 5.74) is 5.06. The van der Waals surface area contributed by atoms with Crippen molar-refractivity contribution in [2.45, 2.75) is 41.0 Å². The van der Waals surface area contributed by atoms with E-state index in [1.807, 2.05) is 71.3 Å². The summed E-state index contributed by atoms with van der Waals surface area (Å²) in [5, 5.41) is 16.6. The topological polar surface area (TPSA) is 93.0 Å². The van der Waals surface area contributed by atoms with Gasteiger partial charge in [-0.2, -0.15) is 0 Å². The van der Waals surface area contributed by atoms with E-state index in [1.165, 1.54) is 6.07 Å². The molecule has 0 fully saturated rings. The van der Waals surface area contributed by atoms with Gasteiger partial charge in [-0.3, -0.25) is 10.1 Å². The number of nitrogens with one attached hydrogen (secondary N) is 2. The van der Waals surface area contributed by atoms with E-state index in [9.17, 15) is 10.1 Å². The molecule has 0 bridgehead atoms. The van der Waals surface area contributed by atoms with Crippen molar-refractivity contribution >= 4 is 22.9 Å². The SMILES string of the molecule is C=C(NC)c1ccccc1Nc1nc(C)ncc1CC.CC.Cc1cccc([N+](=O)[O-])c1. The highest BCUT2D eigenvalue weighted by Gasteiger charge is 2.09. The van der Waals surface area contributed by atoms with E-state index in [0.717, 1.165) is 46.1 Å². The summed E-state index contributed by atoms with van der Waals surface area (Å²) in [6.07, 6.45) is 2.76. The third-order valence-electron chi connectivity index (χ3n) is 4.39. The van der Waals surface area contributed by atoms with Crippen molar-refractivity contribution in [1.29, 1.82) is 0 Å². The molecule has 7 nitrogen and oxygen atoms in total. The fraction of sp³-hybridized carbons (Fsp3) is 0.280. The van der Waals surface area contributed by atoms with Crippen LogP contribution in [-0.2, 0) is 6.42 Å². The summed E-state index contributed by atoms with van der Waals surface area (Å²) in [6, 6.07) is 14.6. The zero-order valence-electron chi connectivity index (χ0n) is 19.8. The quantitative estimate of drug-likeness (QED) is 0.353. The first kappa shape index (κ1) is 26.3. The van der Waals surface area contributed by atoms with Gasteiger partial charge in [-0.15, -0.1) is 0 Å². The van der Waals surface area contributed by atoms with Crippen LogP contribution in [0, 0.1) is 24.0 Å². The average Bonchev–Trinajstić information content (AvgIpc) is 2.81. The molecule has 32 heavy (non-hydrogen) atoms. The fourth-order valence-corrected chi connectivity index (χ4v) is 2.72. The Morgan fingerprint density at radius 2 is 1.81 bits per heavy atom. The highest BCUT2D eigenvalue weighted by atomic mass is 16.6. The highest BCUT2D eigenvalue weighted by Crippen LogP contribution is 2.25. The van der Waals surface area contributed by atoms with Crippen molar-refractivity contribution in [3.63, 3.8) is 0 Å². The Kier molecular flexibility index (Phi) is 11.1. The number of nitro groups is 1. The van der Waals surface area contributed by atoms with Gasteiger partial charge in [0.25, 0.3) is 5.69 Å². The Balaban J connectivity index is 0.000000358. The molecule has 0 aliphatic rings. The minimum atomic E-state index is -0.396. The smallest absolute Gasteiger partial charge is 0.269 e. The number of non-ortho nitro benzene ring substituents is 1. The van der Waals surface area contributed by atoms with E-state index in [4.69, 9.17) is 0 Å². The lowest BCUT2D eigenvalue weighted by molar-refractivity contribution is -0.384. The summed E-state index contributed by atoms with van der Waals surface area (Å²) in [7, 11) is 1.87. The maximum Gasteiger partial charge on any atom is 0.269 e. The third kappa shape index (κ3) is 7.83. The molecule has 170 valence electrons. The van der Waals surface area contributed by atoms with Crippen LogP contribution in [0.2, 0.25) is 0 Å². The zero-order chi connectivity index (χ0) is 24.1. The molecule has 2 aromatic carbocycles. The van der Waals surface area contributed by atoms with Gasteiger partial charge in [0.2, 0.25) is 0 Å². The van der Waals surface area contributed by atoms with Crippen molar-refractivity contribution in [2.75, 3.05) is 12.4 Å². The van der Waals surface area contributed by atoms with Crippen molar-refractivity contribution in [3.8, 4) is 0 Å². The summed E-state index contributed by atoms with van der Waals surface area (Å²) >= 11 is 0. The molecule has 3 rings (SSSR count). The van der Waals surface area contributed by atoms with Crippen molar-refractivity contribution in [2.24, 2.45) is 0 Å². The molecule has 1 heterocycles. The van der Waals surface area contributed by atoms with Gasteiger partial charge in [0, 0.05) is 47.9 Å². The molecule has 0 atom stereocenters. The van der Waals surface area contributed by atoms with Crippen LogP contribution in [0.3, 0.4) is 0 Å². The molecule has 0 amide bonds. The molecule has 0 radical (unpaired) electrons. The molecular weight excluding hydrogens is 402 g/mol. The van der Waals surface area contributed by atoms with Gasteiger partial charge in [-0.1, -0.05) is 57.7 Å². The van der Waals surface area contributed by atoms with E-state index in [-0.39, 0.29) is 5.69 Å². The molecule has 0 aliphatic carbocycles. The largest absolute Gasteiger partial charge is 0.388 e. The van der Waals surface area contributed by atoms with Crippen molar-refractivity contribution < 1.29 is 4.92 Å². The molecule has 0 spiro atoms. The van der Waals surface area contributed by atoms with Crippen LogP contribution in [0.5, 0.6) is 0 Å². The van der Waals surface area contributed by atoms with E-state index >= 15 is 0 Å². The second-order valence-electron chi connectivity index (χ2n) is 6.64. The van der Waals surface area contributed by atoms with Gasteiger partial charge < -0.3 is 10.6 Å². The summed E-state index contributed by atoms with van der Waals surface area (Å²) in [6.45, 7) is 13.8. The second kappa shape index (κ2) is 13.5. The first-order valence-electron chi connectivity index (χ1n) is 10.6.